The molecular formula is C27H24F4O3. The van der Waals surface area contributed by atoms with Crippen molar-refractivity contribution in [1.29, 1.82) is 0 Å². The highest BCUT2D eigenvalue weighted by Gasteiger charge is 2.22. The Kier molecular flexibility index (Phi) is 7.84. The third kappa shape index (κ3) is 5.76. The highest BCUT2D eigenvalue weighted by atomic mass is 19.2. The summed E-state index contributed by atoms with van der Waals surface area (Å²) in [5.41, 5.74) is 0.564. The lowest BCUT2D eigenvalue weighted by Crippen LogP contribution is -2.32. The van der Waals surface area contributed by atoms with Crippen molar-refractivity contribution >= 4 is 10.8 Å². The fourth-order valence-corrected chi connectivity index (χ4v) is 3.85. The van der Waals surface area contributed by atoms with Crippen LogP contribution in [0.2, 0.25) is 0 Å². The van der Waals surface area contributed by atoms with Crippen LogP contribution in [0.15, 0.2) is 42.5 Å². The molecule has 1 aliphatic heterocycles. The topological polar surface area (TPSA) is 27.7 Å². The molecule has 0 radical (unpaired) electrons. The predicted molar refractivity (Wildman–Crippen MR) is 120 cm³/mol. The lowest BCUT2D eigenvalue weighted by molar-refractivity contribution is -0.204. The highest BCUT2D eigenvalue weighted by Crippen LogP contribution is 2.23. The van der Waals surface area contributed by atoms with Crippen LogP contribution in [0, 0.1) is 41.0 Å². The first-order valence-corrected chi connectivity index (χ1v) is 11.0. The zero-order valence-electron chi connectivity index (χ0n) is 18.7. The summed E-state index contributed by atoms with van der Waals surface area (Å²) in [7, 11) is 1.65. The van der Waals surface area contributed by atoms with Gasteiger partial charge in [-0.2, -0.15) is 0 Å². The van der Waals surface area contributed by atoms with Crippen LogP contribution in [0.4, 0.5) is 17.6 Å². The normalized spacial score (nSPS) is 18.0. The number of methoxy groups -OCH3 is 1. The number of hydrogen-bond acceptors (Lipinski definition) is 3. The molecule has 0 N–H and O–H groups in total. The van der Waals surface area contributed by atoms with E-state index in [-0.39, 0.29) is 16.9 Å². The van der Waals surface area contributed by atoms with Gasteiger partial charge in [-0.25, -0.2) is 17.6 Å². The second-order valence-corrected chi connectivity index (χ2v) is 8.26. The maximum Gasteiger partial charge on any atom is 0.166 e. The maximum absolute atomic E-state index is 14.6. The van der Waals surface area contributed by atoms with Crippen LogP contribution in [-0.4, -0.2) is 33.2 Å². The minimum absolute atomic E-state index is 0.115. The Morgan fingerprint density at radius 2 is 1.62 bits per heavy atom. The van der Waals surface area contributed by atoms with Crippen molar-refractivity contribution < 1.29 is 31.8 Å². The van der Waals surface area contributed by atoms with E-state index in [1.54, 1.807) is 13.2 Å². The van der Waals surface area contributed by atoms with E-state index in [1.807, 2.05) is 0 Å². The molecule has 3 aromatic carbocycles. The van der Waals surface area contributed by atoms with Gasteiger partial charge in [0.1, 0.15) is 11.6 Å². The van der Waals surface area contributed by atoms with Gasteiger partial charge in [0.2, 0.25) is 0 Å². The third-order valence-corrected chi connectivity index (χ3v) is 5.78. The average molecular weight is 472 g/mol. The molecule has 0 unspecified atom stereocenters. The Morgan fingerprint density at radius 3 is 2.32 bits per heavy atom. The molecule has 34 heavy (non-hydrogen) atoms. The molecule has 0 atom stereocenters. The van der Waals surface area contributed by atoms with Gasteiger partial charge in [-0.1, -0.05) is 24.0 Å². The molecule has 1 saturated heterocycles. The molecule has 1 fully saturated rings. The van der Waals surface area contributed by atoms with E-state index >= 15 is 0 Å². The smallest absolute Gasteiger partial charge is 0.166 e. The van der Waals surface area contributed by atoms with Crippen molar-refractivity contribution in [1.82, 2.24) is 0 Å². The monoisotopic (exact) mass is 472 g/mol. The average Bonchev–Trinajstić information content (AvgIpc) is 2.84. The van der Waals surface area contributed by atoms with Crippen LogP contribution in [0.3, 0.4) is 0 Å². The van der Waals surface area contributed by atoms with Crippen LogP contribution in [-0.2, 0) is 20.6 Å². The van der Waals surface area contributed by atoms with Crippen molar-refractivity contribution in [3.05, 3.63) is 82.4 Å². The van der Waals surface area contributed by atoms with Crippen molar-refractivity contribution in [3.8, 4) is 11.8 Å². The number of hydrogen-bond donors (Lipinski definition) is 0. The first-order valence-electron chi connectivity index (χ1n) is 11.0. The fraction of sp³-hybridized carbons (Fsp3) is 0.333. The molecule has 0 aliphatic carbocycles. The summed E-state index contributed by atoms with van der Waals surface area (Å²) in [6.45, 7) is 1.79. The van der Waals surface area contributed by atoms with Crippen molar-refractivity contribution in [2.75, 3.05) is 26.9 Å². The Balaban J connectivity index is 1.40. The van der Waals surface area contributed by atoms with Gasteiger partial charge in [0.05, 0.1) is 18.8 Å². The summed E-state index contributed by atoms with van der Waals surface area (Å²) in [5.74, 6) is 2.08. The lowest BCUT2D eigenvalue weighted by Gasteiger charge is -2.29. The number of aryl methyl sites for hydroxylation is 1. The first-order chi connectivity index (χ1) is 16.4. The van der Waals surface area contributed by atoms with E-state index in [0.717, 1.165) is 12.5 Å². The minimum atomic E-state index is -0.945. The molecule has 4 rings (SSSR count). The zero-order valence-corrected chi connectivity index (χ0v) is 18.7. The number of rotatable bonds is 6. The van der Waals surface area contributed by atoms with Crippen LogP contribution < -0.4 is 0 Å². The van der Waals surface area contributed by atoms with Crippen LogP contribution in [0.25, 0.3) is 10.8 Å². The number of halogens is 4. The van der Waals surface area contributed by atoms with Crippen molar-refractivity contribution in [3.63, 3.8) is 0 Å². The molecule has 3 aromatic rings. The summed E-state index contributed by atoms with van der Waals surface area (Å²) in [4.78, 5) is 0. The van der Waals surface area contributed by atoms with Gasteiger partial charge in [0.25, 0.3) is 0 Å². The lowest BCUT2D eigenvalue weighted by atomic mass is 10.0. The van der Waals surface area contributed by atoms with Gasteiger partial charge in [-0.3, -0.25) is 0 Å². The number of benzene rings is 3. The summed E-state index contributed by atoms with van der Waals surface area (Å²) in [6, 6.07) is 9.38. The van der Waals surface area contributed by atoms with E-state index in [9.17, 15) is 17.6 Å². The third-order valence-electron chi connectivity index (χ3n) is 5.78. The van der Waals surface area contributed by atoms with E-state index in [2.05, 4.69) is 11.8 Å². The van der Waals surface area contributed by atoms with E-state index in [0.29, 0.717) is 49.2 Å². The summed E-state index contributed by atoms with van der Waals surface area (Å²) in [5, 5.41) is 0.558. The maximum atomic E-state index is 14.6. The van der Waals surface area contributed by atoms with E-state index < -0.39 is 29.6 Å². The SMILES string of the molecule is COCCC1COC(CCc2cc(F)c(C#Cc3ccc4c(F)c(F)ccc4c3)c(F)c2)OC1. The van der Waals surface area contributed by atoms with Gasteiger partial charge < -0.3 is 14.2 Å². The number of fused-ring (bicyclic) bond motifs is 1. The quantitative estimate of drug-likeness (QED) is 0.338. The summed E-state index contributed by atoms with van der Waals surface area (Å²) < 4.78 is 72.8. The molecule has 0 bridgehead atoms. The standard InChI is InChI=1S/C27H24F4O3/c1-32-11-10-19-15-33-26(34-16-19)9-4-18-13-24(29)22(25(30)14-18)7-3-17-2-6-21-20(12-17)5-8-23(28)27(21)31/h2,5-6,8,12-14,19,26H,4,9-11,15-16H2,1H3. The largest absolute Gasteiger partial charge is 0.385 e. The molecule has 0 spiro atoms. The fourth-order valence-electron chi connectivity index (χ4n) is 3.85. The summed E-state index contributed by atoms with van der Waals surface area (Å²) in [6.07, 6.45) is 1.32. The second-order valence-electron chi connectivity index (χ2n) is 8.26. The molecule has 0 saturated carbocycles. The van der Waals surface area contributed by atoms with Gasteiger partial charge in [0.15, 0.2) is 17.9 Å². The highest BCUT2D eigenvalue weighted by molar-refractivity contribution is 5.84. The van der Waals surface area contributed by atoms with Crippen molar-refractivity contribution in [2.45, 2.75) is 25.6 Å². The molecule has 0 amide bonds. The summed E-state index contributed by atoms with van der Waals surface area (Å²) >= 11 is 0. The Bertz CT molecular complexity index is 1200. The molecule has 7 heteroatoms. The Morgan fingerprint density at radius 1 is 0.882 bits per heavy atom. The minimum Gasteiger partial charge on any atom is -0.385 e. The molecule has 178 valence electrons. The van der Waals surface area contributed by atoms with Gasteiger partial charge in [0, 0.05) is 37.0 Å². The predicted octanol–water partition coefficient (Wildman–Crippen LogP) is 5.75. The van der Waals surface area contributed by atoms with Gasteiger partial charge >= 0.3 is 0 Å². The van der Waals surface area contributed by atoms with Gasteiger partial charge in [-0.15, -0.1) is 0 Å². The Labute approximate surface area is 195 Å². The molecule has 1 aliphatic rings. The van der Waals surface area contributed by atoms with Crippen LogP contribution in [0.1, 0.15) is 29.5 Å². The first kappa shape index (κ1) is 24.2. The van der Waals surface area contributed by atoms with Crippen LogP contribution >= 0.6 is 0 Å². The zero-order chi connectivity index (χ0) is 24.1. The van der Waals surface area contributed by atoms with E-state index in [1.165, 1.54) is 30.3 Å². The van der Waals surface area contributed by atoms with E-state index in [4.69, 9.17) is 14.2 Å². The second kappa shape index (κ2) is 11.0. The van der Waals surface area contributed by atoms with Crippen LogP contribution in [0.5, 0.6) is 0 Å². The van der Waals surface area contributed by atoms with Crippen molar-refractivity contribution in [2.24, 2.45) is 5.92 Å². The Hall–Kier alpha value is -2.92. The molecular weight excluding hydrogens is 448 g/mol. The van der Waals surface area contributed by atoms with Gasteiger partial charge in [-0.05, 0) is 54.1 Å². The molecule has 0 aromatic heterocycles. The molecule has 3 nitrogen and oxygen atoms in total. The molecule has 1 heterocycles. The number of ether oxygens (including phenoxy) is 3.